The minimum Gasteiger partial charge on any atom is -0.495 e. The van der Waals surface area contributed by atoms with Crippen LogP contribution in [-0.2, 0) is 24.3 Å². The summed E-state index contributed by atoms with van der Waals surface area (Å²) in [5, 5.41) is 3.02. The molecule has 4 aromatic rings. The molecule has 2 aromatic carbocycles. The number of nitrogens with zero attached hydrogens (tertiary/aromatic N) is 4. The normalized spacial score (nSPS) is 10.8. The number of nitrogens with one attached hydrogen (secondary N) is 1. The fourth-order valence-corrected chi connectivity index (χ4v) is 3.70. The fraction of sp³-hybridized carbons (Fsp3) is 0.174. The second-order valence-corrected chi connectivity index (χ2v) is 7.59. The zero-order valence-corrected chi connectivity index (χ0v) is 18.5. The quantitative estimate of drug-likeness (QED) is 0.449. The van der Waals surface area contributed by atoms with Crippen molar-refractivity contribution in [1.29, 1.82) is 0 Å². The Morgan fingerprint density at radius 1 is 1.06 bits per heavy atom. The highest BCUT2D eigenvalue weighted by atomic mass is 35.5. The number of carbonyl (C=O) groups is 1. The van der Waals surface area contributed by atoms with Crippen molar-refractivity contribution in [2.24, 2.45) is 0 Å². The lowest BCUT2D eigenvalue weighted by Crippen LogP contribution is -2.42. The minimum atomic E-state index is -0.633. The van der Waals surface area contributed by atoms with Crippen LogP contribution in [0.2, 0.25) is 5.02 Å². The van der Waals surface area contributed by atoms with E-state index in [1.165, 1.54) is 19.5 Å². The van der Waals surface area contributed by atoms with Crippen molar-refractivity contribution < 1.29 is 9.53 Å². The third-order valence-corrected chi connectivity index (χ3v) is 5.34. The summed E-state index contributed by atoms with van der Waals surface area (Å²) in [6.45, 7) is -0.215. The minimum absolute atomic E-state index is 0.0189. The molecule has 2 heterocycles. The molecule has 168 valence electrons. The van der Waals surface area contributed by atoms with Crippen LogP contribution < -0.4 is 21.3 Å². The largest absolute Gasteiger partial charge is 0.495 e. The number of aryl methyl sites for hydroxylation is 1. The maximum absolute atomic E-state index is 13.2. The number of amides is 1. The van der Waals surface area contributed by atoms with E-state index in [1.54, 1.807) is 18.2 Å². The number of halogens is 1. The maximum Gasteiger partial charge on any atom is 0.333 e. The molecular weight excluding hydrogens is 446 g/mol. The number of carbonyl (C=O) groups excluding carboxylic acids is 1. The molecule has 0 fully saturated rings. The van der Waals surface area contributed by atoms with Gasteiger partial charge in [-0.1, -0.05) is 41.9 Å². The molecule has 0 unspecified atom stereocenters. The number of methoxy groups -OCH3 is 1. The first-order chi connectivity index (χ1) is 16.0. The molecule has 1 N–H and O–H groups in total. The monoisotopic (exact) mass is 465 g/mol. The average Bonchev–Trinajstić information content (AvgIpc) is 2.82. The Bertz CT molecular complexity index is 1430. The van der Waals surface area contributed by atoms with Gasteiger partial charge in [0.25, 0.3) is 5.56 Å². The molecule has 9 nitrogen and oxygen atoms in total. The highest BCUT2D eigenvalue weighted by molar-refractivity contribution is 6.32. The summed E-state index contributed by atoms with van der Waals surface area (Å²) in [5.41, 5.74) is 0.302. The highest BCUT2D eigenvalue weighted by Crippen LogP contribution is 2.27. The van der Waals surface area contributed by atoms with Gasteiger partial charge in [0.15, 0.2) is 11.2 Å². The summed E-state index contributed by atoms with van der Waals surface area (Å²) >= 11 is 6.11. The molecule has 0 saturated heterocycles. The van der Waals surface area contributed by atoms with E-state index in [9.17, 15) is 14.4 Å². The summed E-state index contributed by atoms with van der Waals surface area (Å²) in [5.74, 6) is -0.0174. The van der Waals surface area contributed by atoms with Crippen molar-refractivity contribution in [1.82, 2.24) is 19.1 Å². The molecule has 0 spiro atoms. The molecule has 0 atom stereocenters. The Hall–Kier alpha value is -3.98. The van der Waals surface area contributed by atoms with Gasteiger partial charge in [0, 0.05) is 24.6 Å². The molecule has 0 aliphatic rings. The Morgan fingerprint density at radius 2 is 1.82 bits per heavy atom. The van der Waals surface area contributed by atoms with Crippen LogP contribution in [-0.4, -0.2) is 32.1 Å². The third-order valence-electron chi connectivity index (χ3n) is 5.05. The molecule has 4 rings (SSSR count). The Balaban J connectivity index is 1.66. The number of ether oxygens (including phenoxy) is 1. The summed E-state index contributed by atoms with van der Waals surface area (Å²) in [6, 6.07) is 14.3. The number of hydrogen-bond acceptors (Lipinski definition) is 6. The van der Waals surface area contributed by atoms with Gasteiger partial charge in [0.05, 0.1) is 12.1 Å². The number of aromatic nitrogens is 4. The van der Waals surface area contributed by atoms with Gasteiger partial charge >= 0.3 is 5.69 Å². The van der Waals surface area contributed by atoms with Crippen molar-refractivity contribution in [3.63, 3.8) is 0 Å². The van der Waals surface area contributed by atoms with Crippen molar-refractivity contribution in [3.8, 4) is 5.75 Å². The van der Waals surface area contributed by atoms with E-state index in [2.05, 4.69) is 15.3 Å². The van der Waals surface area contributed by atoms with Crippen molar-refractivity contribution >= 4 is 34.4 Å². The average molecular weight is 466 g/mol. The number of anilines is 1. The van der Waals surface area contributed by atoms with E-state index in [-0.39, 0.29) is 24.3 Å². The van der Waals surface area contributed by atoms with Crippen molar-refractivity contribution in [3.05, 3.63) is 92.3 Å². The van der Waals surface area contributed by atoms with E-state index < -0.39 is 17.2 Å². The van der Waals surface area contributed by atoms with Crippen LogP contribution in [0, 0.1) is 0 Å². The summed E-state index contributed by atoms with van der Waals surface area (Å²) < 4.78 is 7.34. The van der Waals surface area contributed by atoms with Crippen molar-refractivity contribution in [2.75, 3.05) is 12.4 Å². The lowest BCUT2D eigenvalue weighted by Gasteiger charge is -2.13. The summed E-state index contributed by atoms with van der Waals surface area (Å²) in [7, 11) is 1.49. The predicted molar refractivity (Wildman–Crippen MR) is 125 cm³/mol. The zero-order valence-electron chi connectivity index (χ0n) is 17.7. The molecular formula is C23H20ClN5O4. The molecule has 0 radical (unpaired) electrons. The van der Waals surface area contributed by atoms with Crippen LogP contribution in [0.4, 0.5) is 5.69 Å². The number of benzene rings is 2. The SMILES string of the molecule is COc1ccc(NC(=O)Cn2c(=O)n(CCc3ccccc3)c(=O)c3nccnc32)cc1Cl. The number of hydrogen-bond donors (Lipinski definition) is 1. The predicted octanol–water partition coefficient (Wildman–Crippen LogP) is 2.50. The molecule has 0 aliphatic heterocycles. The van der Waals surface area contributed by atoms with Crippen LogP contribution in [0.1, 0.15) is 5.56 Å². The summed E-state index contributed by atoms with van der Waals surface area (Å²) in [4.78, 5) is 47.1. The van der Waals surface area contributed by atoms with E-state index in [4.69, 9.17) is 16.3 Å². The first-order valence-corrected chi connectivity index (χ1v) is 10.5. The highest BCUT2D eigenvalue weighted by Gasteiger charge is 2.17. The second kappa shape index (κ2) is 9.66. The van der Waals surface area contributed by atoms with Gasteiger partial charge in [-0.3, -0.25) is 18.7 Å². The van der Waals surface area contributed by atoms with Gasteiger partial charge < -0.3 is 10.1 Å². The Labute approximate surface area is 193 Å². The molecule has 0 saturated carbocycles. The summed E-state index contributed by atoms with van der Waals surface area (Å²) in [6.07, 6.45) is 3.21. The standard InChI is InChI=1S/C23H20ClN5O4/c1-33-18-8-7-16(13-17(18)24)27-19(30)14-29-21-20(25-10-11-26-21)22(31)28(23(29)32)12-9-15-5-3-2-4-6-15/h2-8,10-11,13H,9,12,14H2,1H3,(H,27,30). The molecule has 33 heavy (non-hydrogen) atoms. The maximum atomic E-state index is 13.2. The van der Waals surface area contributed by atoms with Gasteiger partial charge in [-0.05, 0) is 30.2 Å². The molecule has 0 aliphatic carbocycles. The fourth-order valence-electron chi connectivity index (χ4n) is 3.44. The Kier molecular flexibility index (Phi) is 6.50. The Morgan fingerprint density at radius 3 is 2.55 bits per heavy atom. The molecule has 10 heteroatoms. The van der Waals surface area contributed by atoms with Gasteiger partial charge in [0.1, 0.15) is 12.3 Å². The molecule has 2 aromatic heterocycles. The first-order valence-electron chi connectivity index (χ1n) is 10.1. The lowest BCUT2D eigenvalue weighted by molar-refractivity contribution is -0.116. The first kappa shape index (κ1) is 22.2. The van der Waals surface area contributed by atoms with Crippen LogP contribution >= 0.6 is 11.6 Å². The van der Waals surface area contributed by atoms with Gasteiger partial charge in [0.2, 0.25) is 5.91 Å². The van der Waals surface area contributed by atoms with Crippen LogP contribution in [0.3, 0.4) is 0 Å². The van der Waals surface area contributed by atoms with E-state index in [0.717, 1.165) is 14.7 Å². The third kappa shape index (κ3) is 4.78. The van der Waals surface area contributed by atoms with Crippen LogP contribution in [0.25, 0.3) is 11.2 Å². The number of rotatable bonds is 7. The van der Waals surface area contributed by atoms with Gasteiger partial charge in [-0.2, -0.15) is 0 Å². The van der Waals surface area contributed by atoms with Crippen LogP contribution in [0.5, 0.6) is 5.75 Å². The van der Waals surface area contributed by atoms with E-state index in [0.29, 0.717) is 22.9 Å². The van der Waals surface area contributed by atoms with E-state index >= 15 is 0 Å². The zero-order chi connectivity index (χ0) is 23.4. The number of fused-ring (bicyclic) bond motifs is 1. The van der Waals surface area contributed by atoms with Gasteiger partial charge in [-0.15, -0.1) is 0 Å². The molecule has 1 amide bonds. The molecule has 0 bridgehead atoms. The second-order valence-electron chi connectivity index (χ2n) is 7.19. The topological polar surface area (TPSA) is 108 Å². The van der Waals surface area contributed by atoms with Crippen molar-refractivity contribution in [2.45, 2.75) is 19.5 Å². The smallest absolute Gasteiger partial charge is 0.333 e. The van der Waals surface area contributed by atoms with Crippen LogP contribution in [0.15, 0.2) is 70.5 Å². The van der Waals surface area contributed by atoms with Gasteiger partial charge in [-0.25, -0.2) is 14.8 Å². The lowest BCUT2D eigenvalue weighted by atomic mass is 10.1. The van der Waals surface area contributed by atoms with E-state index in [1.807, 2.05) is 30.3 Å².